The maximum absolute atomic E-state index is 8.87. The van der Waals surface area contributed by atoms with Gasteiger partial charge in [-0.05, 0) is 121 Å². The third kappa shape index (κ3) is 4.55. The van der Waals surface area contributed by atoms with E-state index in [1.165, 1.54) is 0 Å². The third-order valence-corrected chi connectivity index (χ3v) is 13.0. The number of hydrogen-bond donors (Lipinski definition) is 0. The number of furan rings is 1. The smallest absolute Gasteiger partial charge is 0.143 e. The quantitative estimate of drug-likeness (QED) is 0.162. The summed E-state index contributed by atoms with van der Waals surface area (Å²) < 4.78 is 93.0. The molecule has 1 heterocycles. The monoisotopic (exact) mass is 780 g/mol. The van der Waals surface area contributed by atoms with Crippen LogP contribution < -0.4 is 0 Å². The van der Waals surface area contributed by atoms with Gasteiger partial charge in [0, 0.05) is 21.7 Å². The Hall–Kier alpha value is -8.00. The highest BCUT2D eigenvalue weighted by Crippen LogP contribution is 2.50. The molecular weight excluding hydrogens is 737 g/mol. The Morgan fingerprint density at radius 3 is 1.20 bits per heavy atom. The second kappa shape index (κ2) is 12.3. The zero-order chi connectivity index (χ0) is 48.5. The minimum Gasteiger partial charge on any atom is -0.455 e. The Kier molecular flexibility index (Phi) is 4.99. The van der Waals surface area contributed by atoms with Crippen molar-refractivity contribution in [1.82, 2.24) is 0 Å². The molecule has 0 unspecified atom stereocenters. The Bertz CT molecular complexity index is 4650. The molecule has 0 N–H and O–H groups in total. The Morgan fingerprint density at radius 1 is 0.262 bits per heavy atom. The number of rotatable bonds is 4. The molecule has 0 fully saturated rings. The molecule has 0 atom stereocenters. The lowest BCUT2D eigenvalue weighted by atomic mass is 9.85. The molecule has 1 heteroatoms. The molecule has 0 spiro atoms. The van der Waals surface area contributed by atoms with Crippen LogP contribution >= 0.6 is 0 Å². The largest absolute Gasteiger partial charge is 0.455 e. The van der Waals surface area contributed by atoms with Crippen molar-refractivity contribution >= 4 is 97.3 Å². The summed E-state index contributed by atoms with van der Waals surface area (Å²) in [6.45, 7) is 0. The van der Waals surface area contributed by atoms with E-state index >= 15 is 0 Å². The van der Waals surface area contributed by atoms with Crippen molar-refractivity contribution in [3.8, 4) is 44.5 Å². The van der Waals surface area contributed by atoms with Gasteiger partial charge in [0.05, 0.1) is 13.7 Å². The SMILES string of the molecule is [2H]c1c([2H])c([2H])c(-c2ccc3ccc4c(-c5ccc(-c6ccc7ccc8c(-c9c([2H])c([2H])c([2H])c([2H])c9[2H])ccc9ccc6c7c98)c6c5oc5c7ccccc7ccc56)ccc5ccc2c3c54)c([2H])c1[2H]. The highest BCUT2D eigenvalue weighted by atomic mass is 16.3. The van der Waals surface area contributed by atoms with Gasteiger partial charge in [0.1, 0.15) is 11.2 Å². The normalized spacial score (nSPS) is 14.6. The lowest BCUT2D eigenvalue weighted by Crippen LogP contribution is -1.91. The second-order valence-electron chi connectivity index (χ2n) is 15.9. The van der Waals surface area contributed by atoms with Crippen LogP contribution in [0.5, 0.6) is 0 Å². The molecular formula is C60H34O. The molecule has 1 aromatic heterocycles. The van der Waals surface area contributed by atoms with Gasteiger partial charge in [-0.1, -0.05) is 194 Å². The second-order valence-corrected chi connectivity index (χ2v) is 15.9. The molecule has 14 rings (SSSR count). The van der Waals surface area contributed by atoms with E-state index in [2.05, 4.69) is 84.9 Å². The van der Waals surface area contributed by atoms with E-state index in [9.17, 15) is 0 Å². The molecule has 13 aromatic carbocycles. The van der Waals surface area contributed by atoms with Gasteiger partial charge in [-0.2, -0.15) is 0 Å². The molecule has 0 amide bonds. The molecule has 14 aromatic rings. The van der Waals surface area contributed by atoms with Gasteiger partial charge in [0.15, 0.2) is 0 Å². The van der Waals surface area contributed by atoms with Crippen molar-refractivity contribution < 1.29 is 18.1 Å². The zero-order valence-corrected chi connectivity index (χ0v) is 32.3. The summed E-state index contributed by atoms with van der Waals surface area (Å²) in [6.07, 6.45) is 0. The van der Waals surface area contributed by atoms with Crippen LogP contribution in [0.25, 0.3) is 142 Å². The summed E-state index contributed by atoms with van der Waals surface area (Å²) in [7, 11) is 0. The summed E-state index contributed by atoms with van der Waals surface area (Å²) in [5.74, 6) is 0. The van der Waals surface area contributed by atoms with Crippen LogP contribution in [-0.2, 0) is 0 Å². The molecule has 0 aliphatic rings. The summed E-state index contributed by atoms with van der Waals surface area (Å²) in [6, 6.07) is 46.3. The van der Waals surface area contributed by atoms with E-state index in [1.807, 2.05) is 60.7 Å². The van der Waals surface area contributed by atoms with Crippen molar-refractivity contribution in [2.24, 2.45) is 0 Å². The molecule has 0 saturated carbocycles. The summed E-state index contributed by atoms with van der Waals surface area (Å²) in [5.41, 5.74) is 6.80. The first-order chi connectivity index (χ1) is 34.4. The van der Waals surface area contributed by atoms with Crippen molar-refractivity contribution in [1.29, 1.82) is 0 Å². The van der Waals surface area contributed by atoms with Gasteiger partial charge < -0.3 is 4.42 Å². The molecule has 0 radical (unpaired) electrons. The first kappa shape index (κ1) is 24.8. The van der Waals surface area contributed by atoms with Crippen molar-refractivity contribution in [3.63, 3.8) is 0 Å². The predicted octanol–water partition coefficient (Wildman–Crippen LogP) is 17.2. The molecule has 0 aliphatic heterocycles. The maximum Gasteiger partial charge on any atom is 0.143 e. The van der Waals surface area contributed by atoms with Gasteiger partial charge in [0.25, 0.3) is 0 Å². The fourth-order valence-electron chi connectivity index (χ4n) is 10.3. The molecule has 0 bridgehead atoms. The lowest BCUT2D eigenvalue weighted by Gasteiger charge is -2.18. The van der Waals surface area contributed by atoms with E-state index in [0.29, 0.717) is 11.1 Å². The van der Waals surface area contributed by atoms with Gasteiger partial charge in [0.2, 0.25) is 0 Å². The third-order valence-electron chi connectivity index (χ3n) is 13.0. The Balaban J connectivity index is 1.04. The summed E-state index contributed by atoms with van der Waals surface area (Å²) in [5, 5.41) is 15.4. The van der Waals surface area contributed by atoms with E-state index in [0.717, 1.165) is 120 Å². The minimum absolute atomic E-state index is 0.169. The number of benzene rings is 13. The van der Waals surface area contributed by atoms with E-state index in [1.54, 1.807) is 0 Å². The fourth-order valence-corrected chi connectivity index (χ4v) is 10.3. The van der Waals surface area contributed by atoms with Crippen molar-refractivity contribution in [2.45, 2.75) is 0 Å². The van der Waals surface area contributed by atoms with E-state index < -0.39 is 12.1 Å². The minimum atomic E-state index is -0.426. The highest BCUT2D eigenvalue weighted by molar-refractivity contribution is 6.31. The van der Waals surface area contributed by atoms with Crippen LogP contribution in [0.1, 0.15) is 13.7 Å². The number of fused-ring (bicyclic) bond motifs is 5. The zero-order valence-electron chi connectivity index (χ0n) is 42.3. The van der Waals surface area contributed by atoms with E-state index in [-0.39, 0.29) is 59.5 Å². The van der Waals surface area contributed by atoms with Crippen LogP contribution in [0.3, 0.4) is 0 Å². The molecule has 0 aliphatic carbocycles. The predicted molar refractivity (Wildman–Crippen MR) is 260 cm³/mol. The van der Waals surface area contributed by atoms with Crippen LogP contribution in [0, 0.1) is 0 Å². The molecule has 0 saturated heterocycles. The van der Waals surface area contributed by atoms with Crippen LogP contribution in [0.4, 0.5) is 0 Å². The van der Waals surface area contributed by atoms with E-state index in [4.69, 9.17) is 18.1 Å². The van der Waals surface area contributed by atoms with Gasteiger partial charge in [-0.3, -0.25) is 0 Å². The first-order valence-corrected chi connectivity index (χ1v) is 20.3. The Morgan fingerprint density at radius 2 is 0.656 bits per heavy atom. The van der Waals surface area contributed by atoms with Crippen LogP contribution in [0.2, 0.25) is 0 Å². The van der Waals surface area contributed by atoms with Crippen molar-refractivity contribution in [3.05, 3.63) is 206 Å². The average molecular weight is 781 g/mol. The van der Waals surface area contributed by atoms with Crippen molar-refractivity contribution in [2.75, 3.05) is 0 Å². The number of hydrogen-bond acceptors (Lipinski definition) is 1. The van der Waals surface area contributed by atoms with Gasteiger partial charge >= 0.3 is 0 Å². The summed E-state index contributed by atoms with van der Waals surface area (Å²) in [4.78, 5) is 0. The molecule has 1 nitrogen and oxygen atoms in total. The average Bonchev–Trinajstić information content (AvgIpc) is 3.80. The maximum atomic E-state index is 8.87. The topological polar surface area (TPSA) is 13.1 Å². The first-order valence-electron chi connectivity index (χ1n) is 25.3. The standard InChI is InChI=1S/C60H34O/c1-3-9-35(10-4-1)42-24-16-38-22-30-49-45(26-18-40-20-28-47(42)54(38)56(40)49)51-33-34-52(60-58(51)53-32-15-37-13-7-8-14-44(37)59(53)61-60)46-27-19-41-21-29-48-43(36-11-5-2-6-12-36)25-17-39-23-31-50(46)57(41)55(39)48/h1-34H/i1D,2D,3D,4D,5D,6D,9D,10D,11D,12D. The fraction of sp³-hybridized carbons (Fsp3) is 0. The van der Waals surface area contributed by atoms with Gasteiger partial charge in [-0.25, -0.2) is 0 Å². The van der Waals surface area contributed by atoms with Crippen LogP contribution in [-0.4, -0.2) is 0 Å². The van der Waals surface area contributed by atoms with Gasteiger partial charge in [-0.15, -0.1) is 0 Å². The summed E-state index contributed by atoms with van der Waals surface area (Å²) >= 11 is 0. The molecule has 61 heavy (non-hydrogen) atoms. The Labute approximate surface area is 365 Å². The molecule has 280 valence electrons. The lowest BCUT2D eigenvalue weighted by molar-refractivity contribution is 0.674. The van der Waals surface area contributed by atoms with Crippen LogP contribution in [0.15, 0.2) is 210 Å². The highest BCUT2D eigenvalue weighted by Gasteiger charge is 2.23.